The Hall–Kier alpha value is -3.07. The van der Waals surface area contributed by atoms with Crippen molar-refractivity contribution in [2.75, 3.05) is 17.4 Å². The van der Waals surface area contributed by atoms with Crippen molar-refractivity contribution in [1.82, 2.24) is 10.2 Å². The normalized spacial score (nSPS) is 12.1. The smallest absolute Gasteiger partial charge is 0.264 e. The summed E-state index contributed by atoms with van der Waals surface area (Å²) < 4.78 is 29.1. The van der Waals surface area contributed by atoms with Gasteiger partial charge in [0.05, 0.1) is 10.6 Å². The maximum atomic E-state index is 14.1. The van der Waals surface area contributed by atoms with E-state index < -0.39 is 28.5 Å². The molecule has 0 saturated carbocycles. The maximum absolute atomic E-state index is 14.1. The zero-order valence-electron chi connectivity index (χ0n) is 23.4. The number of hydrogen-bond donors (Lipinski definition) is 1. The molecule has 2 amide bonds. The molecule has 1 unspecified atom stereocenters. The lowest BCUT2D eigenvalue weighted by atomic mass is 10.1. The number of nitrogens with zero attached hydrogens (tertiary/aromatic N) is 2. The zero-order chi connectivity index (χ0) is 29.6. The first-order valence-corrected chi connectivity index (χ1v) is 15.2. The third-order valence-electron chi connectivity index (χ3n) is 6.84. The van der Waals surface area contributed by atoms with Gasteiger partial charge in [-0.25, -0.2) is 8.42 Å². The van der Waals surface area contributed by atoms with Crippen LogP contribution in [-0.2, 0) is 26.2 Å². The molecule has 3 aromatic carbocycles. The molecule has 0 aliphatic rings. The summed E-state index contributed by atoms with van der Waals surface area (Å²) in [5, 5.41) is 3.49. The summed E-state index contributed by atoms with van der Waals surface area (Å²) in [5.41, 5.74) is 3.35. The van der Waals surface area contributed by atoms with E-state index >= 15 is 0 Å². The standard InChI is InChI=1S/C30H35Cl2N3O4S/c1-6-17-33-30(37)23(5)34(18-25-26(31)10-8-11-27(25)32)29(36)19-35(28-12-7-9-21(3)22(28)4)40(38,39)24-15-13-20(2)14-16-24/h7-16,23H,6,17-19H2,1-5H3,(H,33,37). The Morgan fingerprint density at radius 2 is 1.52 bits per heavy atom. The molecule has 0 radical (unpaired) electrons. The van der Waals surface area contributed by atoms with Crippen LogP contribution in [0, 0.1) is 20.8 Å². The number of carbonyl (C=O) groups is 2. The molecule has 3 rings (SSSR count). The molecule has 10 heteroatoms. The predicted octanol–water partition coefficient (Wildman–Crippen LogP) is 6.06. The van der Waals surface area contributed by atoms with Crippen LogP contribution in [0.4, 0.5) is 5.69 Å². The second-order valence-electron chi connectivity index (χ2n) is 9.73. The quantitative estimate of drug-likeness (QED) is 0.289. The van der Waals surface area contributed by atoms with Gasteiger partial charge in [-0.1, -0.05) is 66.0 Å². The number of aryl methyl sites for hydroxylation is 2. The van der Waals surface area contributed by atoms with Gasteiger partial charge in [0.2, 0.25) is 11.8 Å². The highest BCUT2D eigenvalue weighted by Gasteiger charge is 2.33. The van der Waals surface area contributed by atoms with Crippen molar-refractivity contribution in [2.45, 2.75) is 58.5 Å². The molecule has 0 heterocycles. The summed E-state index contributed by atoms with van der Waals surface area (Å²) in [7, 11) is -4.15. The van der Waals surface area contributed by atoms with E-state index in [1.165, 1.54) is 17.0 Å². The molecule has 0 fully saturated rings. The Labute approximate surface area is 247 Å². The van der Waals surface area contributed by atoms with E-state index in [-0.39, 0.29) is 17.3 Å². The lowest BCUT2D eigenvalue weighted by molar-refractivity contribution is -0.139. The third kappa shape index (κ3) is 7.16. The van der Waals surface area contributed by atoms with Crippen LogP contribution in [-0.4, -0.2) is 44.3 Å². The Morgan fingerprint density at radius 3 is 2.12 bits per heavy atom. The Morgan fingerprint density at radius 1 is 0.925 bits per heavy atom. The SMILES string of the molecule is CCCNC(=O)C(C)N(Cc1c(Cl)cccc1Cl)C(=O)CN(c1cccc(C)c1C)S(=O)(=O)c1ccc(C)cc1. The average molecular weight is 605 g/mol. The van der Waals surface area contributed by atoms with Crippen LogP contribution in [0.5, 0.6) is 0 Å². The Kier molecular flexibility index (Phi) is 10.6. The summed E-state index contributed by atoms with van der Waals surface area (Å²) in [5.74, 6) is -0.940. The fourth-order valence-electron chi connectivity index (χ4n) is 4.19. The van der Waals surface area contributed by atoms with Gasteiger partial charge in [0.15, 0.2) is 0 Å². The van der Waals surface area contributed by atoms with Gasteiger partial charge in [0, 0.05) is 28.7 Å². The summed E-state index contributed by atoms with van der Waals surface area (Å²) in [6, 6.07) is 15.8. The van der Waals surface area contributed by atoms with E-state index in [1.807, 2.05) is 33.8 Å². The monoisotopic (exact) mass is 603 g/mol. The van der Waals surface area contributed by atoms with Gasteiger partial charge >= 0.3 is 0 Å². The van der Waals surface area contributed by atoms with Gasteiger partial charge in [-0.3, -0.25) is 13.9 Å². The molecule has 0 aliphatic heterocycles. The summed E-state index contributed by atoms with van der Waals surface area (Å²) in [4.78, 5) is 28.4. The van der Waals surface area contributed by atoms with E-state index in [1.54, 1.807) is 49.4 Å². The predicted molar refractivity (Wildman–Crippen MR) is 161 cm³/mol. The molecule has 0 aliphatic carbocycles. The first kappa shape index (κ1) is 31.5. The number of rotatable bonds is 11. The first-order valence-electron chi connectivity index (χ1n) is 13.0. The number of halogens is 2. The van der Waals surface area contributed by atoms with Crippen LogP contribution in [0.1, 0.15) is 42.5 Å². The Bertz CT molecular complexity index is 1460. The van der Waals surface area contributed by atoms with Gasteiger partial charge in [-0.15, -0.1) is 0 Å². The van der Waals surface area contributed by atoms with Crippen LogP contribution >= 0.6 is 23.2 Å². The largest absolute Gasteiger partial charge is 0.354 e. The topological polar surface area (TPSA) is 86.8 Å². The second-order valence-corrected chi connectivity index (χ2v) is 12.4. The average Bonchev–Trinajstić information content (AvgIpc) is 2.91. The second kappa shape index (κ2) is 13.5. The van der Waals surface area contributed by atoms with Crippen molar-refractivity contribution < 1.29 is 18.0 Å². The van der Waals surface area contributed by atoms with Crippen LogP contribution in [0.2, 0.25) is 10.0 Å². The van der Waals surface area contributed by atoms with E-state index in [0.717, 1.165) is 27.4 Å². The highest BCUT2D eigenvalue weighted by Crippen LogP contribution is 2.30. The molecular weight excluding hydrogens is 569 g/mol. The Balaban J connectivity index is 2.10. The number of anilines is 1. The molecule has 0 saturated heterocycles. The molecular formula is C30H35Cl2N3O4S. The van der Waals surface area contributed by atoms with Crippen molar-refractivity contribution in [1.29, 1.82) is 0 Å². The molecule has 40 heavy (non-hydrogen) atoms. The fraction of sp³-hybridized carbons (Fsp3) is 0.333. The van der Waals surface area contributed by atoms with Crippen molar-refractivity contribution in [2.24, 2.45) is 0 Å². The molecule has 214 valence electrons. The summed E-state index contributed by atoms with van der Waals surface area (Å²) >= 11 is 12.8. The number of carbonyl (C=O) groups excluding carboxylic acids is 2. The van der Waals surface area contributed by atoms with Crippen molar-refractivity contribution in [3.8, 4) is 0 Å². The molecule has 1 N–H and O–H groups in total. The van der Waals surface area contributed by atoms with Crippen LogP contribution in [0.3, 0.4) is 0 Å². The number of hydrogen-bond acceptors (Lipinski definition) is 4. The van der Waals surface area contributed by atoms with E-state index in [4.69, 9.17) is 23.2 Å². The maximum Gasteiger partial charge on any atom is 0.264 e. The molecule has 1 atom stereocenters. The molecule has 0 spiro atoms. The van der Waals surface area contributed by atoms with Gasteiger partial charge < -0.3 is 10.2 Å². The first-order chi connectivity index (χ1) is 18.9. The minimum atomic E-state index is -4.15. The molecule has 3 aromatic rings. The van der Waals surface area contributed by atoms with Crippen LogP contribution in [0.25, 0.3) is 0 Å². The third-order valence-corrected chi connectivity index (χ3v) is 9.32. The summed E-state index contributed by atoms with van der Waals surface area (Å²) in [6.07, 6.45) is 0.720. The molecule has 0 aromatic heterocycles. The van der Waals surface area contributed by atoms with Crippen molar-refractivity contribution >= 4 is 50.7 Å². The van der Waals surface area contributed by atoms with Gasteiger partial charge in [-0.05, 0) is 75.6 Å². The van der Waals surface area contributed by atoms with Crippen LogP contribution < -0.4 is 9.62 Å². The lowest BCUT2D eigenvalue weighted by Crippen LogP contribution is -2.51. The van der Waals surface area contributed by atoms with Crippen LogP contribution in [0.15, 0.2) is 65.6 Å². The van der Waals surface area contributed by atoms with Crippen molar-refractivity contribution in [3.05, 3.63) is 93.0 Å². The minimum absolute atomic E-state index is 0.0567. The van der Waals surface area contributed by atoms with Gasteiger partial charge in [0.1, 0.15) is 12.6 Å². The number of nitrogens with one attached hydrogen (secondary N) is 1. The van der Waals surface area contributed by atoms with Gasteiger partial charge in [-0.2, -0.15) is 0 Å². The highest BCUT2D eigenvalue weighted by molar-refractivity contribution is 7.92. The fourth-order valence-corrected chi connectivity index (χ4v) is 6.18. The van der Waals surface area contributed by atoms with Crippen molar-refractivity contribution in [3.63, 3.8) is 0 Å². The lowest BCUT2D eigenvalue weighted by Gasteiger charge is -2.33. The molecule has 7 nitrogen and oxygen atoms in total. The van der Waals surface area contributed by atoms with E-state index in [0.29, 0.717) is 27.8 Å². The minimum Gasteiger partial charge on any atom is -0.354 e. The highest BCUT2D eigenvalue weighted by atomic mass is 35.5. The van der Waals surface area contributed by atoms with Gasteiger partial charge in [0.25, 0.3) is 10.0 Å². The number of benzene rings is 3. The molecule has 0 bridgehead atoms. The number of sulfonamides is 1. The zero-order valence-corrected chi connectivity index (χ0v) is 25.7. The summed E-state index contributed by atoms with van der Waals surface area (Å²) in [6.45, 7) is 8.91. The van der Waals surface area contributed by atoms with E-state index in [9.17, 15) is 18.0 Å². The number of amides is 2. The van der Waals surface area contributed by atoms with E-state index in [2.05, 4.69) is 5.32 Å².